The summed E-state index contributed by atoms with van der Waals surface area (Å²) in [6.07, 6.45) is 1.23. The molecule has 2 rings (SSSR count). The largest absolute Gasteiger partial charge is 0.469 e. The van der Waals surface area contributed by atoms with E-state index in [1.54, 1.807) is 32.1 Å². The maximum atomic E-state index is 12.2. The van der Waals surface area contributed by atoms with E-state index in [0.717, 1.165) is 0 Å². The molecule has 0 spiro atoms. The number of amides is 1. The highest BCUT2D eigenvalue weighted by molar-refractivity contribution is 5.94. The minimum Gasteiger partial charge on any atom is -0.469 e. The van der Waals surface area contributed by atoms with Gasteiger partial charge in [-0.1, -0.05) is 6.58 Å². The monoisotopic (exact) mass is 310 g/mol. The zero-order chi connectivity index (χ0) is 16.5. The number of hydrogen-bond donors (Lipinski definition) is 1. The Hall–Kier alpha value is -1.86. The van der Waals surface area contributed by atoms with Crippen molar-refractivity contribution in [1.29, 1.82) is 0 Å². The summed E-state index contributed by atoms with van der Waals surface area (Å²) >= 11 is 0. The Labute approximate surface area is 129 Å². The first-order valence-electron chi connectivity index (χ1n) is 7.03. The molecule has 0 aliphatic carbocycles. The Morgan fingerprint density at radius 3 is 2.86 bits per heavy atom. The molecule has 3 atom stereocenters. The van der Waals surface area contributed by atoms with Gasteiger partial charge in [0.05, 0.1) is 25.2 Å². The van der Waals surface area contributed by atoms with Crippen molar-refractivity contribution in [2.24, 2.45) is 5.41 Å². The van der Waals surface area contributed by atoms with Gasteiger partial charge in [0, 0.05) is 25.3 Å². The van der Waals surface area contributed by atoms with Gasteiger partial charge in [0.25, 0.3) is 5.91 Å². The quantitative estimate of drug-likeness (QED) is 0.772. The maximum absolute atomic E-state index is 12.2. The van der Waals surface area contributed by atoms with Crippen molar-refractivity contribution in [3.63, 3.8) is 0 Å². The Bertz CT molecular complexity index is 530. The van der Waals surface area contributed by atoms with E-state index in [0.29, 0.717) is 17.8 Å². The van der Waals surface area contributed by atoms with Crippen LogP contribution in [0.4, 0.5) is 0 Å². The van der Waals surface area contributed by atoms with Crippen molar-refractivity contribution in [2.45, 2.75) is 32.6 Å². The van der Waals surface area contributed by atoms with Crippen molar-refractivity contribution in [3.05, 3.63) is 24.2 Å². The van der Waals surface area contributed by atoms with Gasteiger partial charge in [-0.25, -0.2) is 0 Å². The van der Waals surface area contributed by atoms with E-state index >= 15 is 0 Å². The Morgan fingerprint density at radius 1 is 1.59 bits per heavy atom. The molecule has 2 aliphatic heterocycles. The fourth-order valence-corrected chi connectivity index (χ4v) is 2.76. The number of nitrogens with one attached hydrogen (secondary N) is 1. The van der Waals surface area contributed by atoms with E-state index in [2.05, 4.69) is 11.9 Å². The summed E-state index contributed by atoms with van der Waals surface area (Å²) in [7, 11) is 2.91. The Morgan fingerprint density at radius 2 is 2.27 bits per heavy atom. The fourth-order valence-electron chi connectivity index (χ4n) is 2.76. The van der Waals surface area contributed by atoms with Crippen molar-refractivity contribution >= 4 is 11.9 Å². The lowest BCUT2D eigenvalue weighted by molar-refractivity contribution is -0.157. The normalized spacial score (nSPS) is 31.8. The summed E-state index contributed by atoms with van der Waals surface area (Å²) in [4.78, 5) is 25.5. The fraction of sp³-hybridized carbons (Fsp3) is 0.600. The Kier molecular flexibility index (Phi) is 4.58. The van der Waals surface area contributed by atoms with Gasteiger partial charge in [0.2, 0.25) is 0 Å². The second kappa shape index (κ2) is 6.10. The number of hydrogen-bond acceptors (Lipinski definition) is 6. The van der Waals surface area contributed by atoms with Crippen LogP contribution in [0.25, 0.3) is 0 Å². The van der Waals surface area contributed by atoms with E-state index < -0.39 is 17.7 Å². The van der Waals surface area contributed by atoms with Crippen LogP contribution in [0.2, 0.25) is 0 Å². The lowest BCUT2D eigenvalue weighted by atomic mass is 9.82. The first kappa shape index (κ1) is 16.5. The maximum Gasteiger partial charge on any atom is 0.314 e. The molecule has 7 nitrogen and oxygen atoms in total. The highest BCUT2D eigenvalue weighted by Crippen LogP contribution is 2.42. The van der Waals surface area contributed by atoms with Crippen LogP contribution in [-0.2, 0) is 23.8 Å². The van der Waals surface area contributed by atoms with Crippen molar-refractivity contribution < 1.29 is 23.8 Å². The topological polar surface area (TPSA) is 77.1 Å². The van der Waals surface area contributed by atoms with Crippen LogP contribution in [-0.4, -0.2) is 49.9 Å². The summed E-state index contributed by atoms with van der Waals surface area (Å²) in [6.45, 7) is 7.61. The standard InChI is InChI=1S/C15H22N2O5/c1-9-7-17(10(2)16-13(9)18)12-6-15(3,14(19)21-5)11(22-12)8-20-4/h7,11-12H,2,6,8H2,1,3-5H3,(H,16,18)/t11-,12-,15+/m1/s1. The third-order valence-electron chi connectivity index (χ3n) is 4.17. The van der Waals surface area contributed by atoms with Gasteiger partial charge in [-0.2, -0.15) is 0 Å². The van der Waals surface area contributed by atoms with Gasteiger partial charge >= 0.3 is 5.97 Å². The molecule has 0 aromatic rings. The van der Waals surface area contributed by atoms with Gasteiger partial charge in [0.15, 0.2) is 0 Å². The first-order chi connectivity index (χ1) is 10.3. The average Bonchev–Trinajstić information content (AvgIpc) is 2.80. The third-order valence-corrected chi connectivity index (χ3v) is 4.17. The van der Waals surface area contributed by atoms with Gasteiger partial charge in [-0.05, 0) is 13.8 Å². The minimum atomic E-state index is -0.821. The molecule has 122 valence electrons. The van der Waals surface area contributed by atoms with Crippen molar-refractivity contribution in [1.82, 2.24) is 10.2 Å². The number of carbonyl (C=O) groups is 2. The summed E-state index contributed by atoms with van der Waals surface area (Å²) in [5.74, 6) is -0.112. The van der Waals surface area contributed by atoms with Crippen LogP contribution in [0.1, 0.15) is 20.3 Å². The van der Waals surface area contributed by atoms with Crippen LogP contribution < -0.4 is 5.32 Å². The lowest BCUT2D eigenvalue weighted by Crippen LogP contribution is -2.42. The summed E-state index contributed by atoms with van der Waals surface area (Å²) in [6, 6.07) is 0. The highest BCUT2D eigenvalue weighted by atomic mass is 16.6. The molecule has 1 fully saturated rings. The molecule has 0 bridgehead atoms. The average molecular weight is 310 g/mol. The molecular formula is C15H22N2O5. The van der Waals surface area contributed by atoms with E-state index in [1.165, 1.54) is 7.11 Å². The van der Waals surface area contributed by atoms with Crippen LogP contribution >= 0.6 is 0 Å². The lowest BCUT2D eigenvalue weighted by Gasteiger charge is -2.32. The van der Waals surface area contributed by atoms with Crippen LogP contribution in [0, 0.1) is 5.41 Å². The molecule has 0 aromatic heterocycles. The molecule has 0 unspecified atom stereocenters. The molecule has 0 saturated carbocycles. The molecule has 1 amide bonds. The molecule has 2 aliphatic rings. The van der Waals surface area contributed by atoms with Crippen LogP contribution in [0.3, 0.4) is 0 Å². The summed E-state index contributed by atoms with van der Waals surface area (Å²) < 4.78 is 16.0. The van der Waals surface area contributed by atoms with E-state index in [9.17, 15) is 9.59 Å². The molecule has 1 N–H and O–H groups in total. The Balaban J connectivity index is 2.26. The molecule has 0 aromatic carbocycles. The number of esters is 1. The van der Waals surface area contributed by atoms with E-state index in [-0.39, 0.29) is 18.5 Å². The second-order valence-corrected chi connectivity index (χ2v) is 5.77. The number of nitrogens with zero attached hydrogens (tertiary/aromatic N) is 1. The highest BCUT2D eigenvalue weighted by Gasteiger charge is 2.53. The SMILES string of the molecule is C=C1NC(=O)C(C)=CN1[C@H]1C[C@](C)(C(=O)OC)[C@@H](COC)O1. The molecule has 2 heterocycles. The van der Waals surface area contributed by atoms with Gasteiger partial charge in [-0.3, -0.25) is 9.59 Å². The molecular weight excluding hydrogens is 288 g/mol. The number of carbonyl (C=O) groups excluding carboxylic acids is 2. The molecule has 1 saturated heterocycles. The first-order valence-corrected chi connectivity index (χ1v) is 7.03. The predicted molar refractivity (Wildman–Crippen MR) is 78.2 cm³/mol. The summed E-state index contributed by atoms with van der Waals surface area (Å²) in [5, 5.41) is 2.67. The third kappa shape index (κ3) is 2.74. The predicted octanol–water partition coefficient (Wildman–Crippen LogP) is 0.734. The number of rotatable bonds is 4. The van der Waals surface area contributed by atoms with Crippen molar-refractivity contribution in [3.8, 4) is 0 Å². The minimum absolute atomic E-state index is 0.191. The smallest absolute Gasteiger partial charge is 0.314 e. The number of ether oxygens (including phenoxy) is 3. The van der Waals surface area contributed by atoms with E-state index in [4.69, 9.17) is 14.2 Å². The van der Waals surface area contributed by atoms with Crippen molar-refractivity contribution in [2.75, 3.05) is 20.8 Å². The molecule has 7 heteroatoms. The van der Waals surface area contributed by atoms with Gasteiger partial charge < -0.3 is 24.4 Å². The van der Waals surface area contributed by atoms with Gasteiger partial charge in [-0.15, -0.1) is 0 Å². The number of methoxy groups -OCH3 is 2. The zero-order valence-corrected chi connectivity index (χ0v) is 13.3. The zero-order valence-electron chi connectivity index (χ0n) is 13.3. The second-order valence-electron chi connectivity index (χ2n) is 5.77. The van der Waals surface area contributed by atoms with Gasteiger partial charge in [0.1, 0.15) is 12.0 Å². The molecule has 22 heavy (non-hydrogen) atoms. The van der Waals surface area contributed by atoms with E-state index in [1.807, 2.05) is 0 Å². The van der Waals surface area contributed by atoms with Crippen LogP contribution in [0.5, 0.6) is 0 Å². The summed E-state index contributed by atoms with van der Waals surface area (Å²) in [5.41, 5.74) is -0.273. The van der Waals surface area contributed by atoms with Crippen LogP contribution in [0.15, 0.2) is 24.2 Å². The molecule has 0 radical (unpaired) electrons.